The van der Waals surface area contributed by atoms with Crippen molar-refractivity contribution in [1.29, 1.82) is 0 Å². The van der Waals surface area contributed by atoms with E-state index in [0.29, 0.717) is 12.5 Å². The summed E-state index contributed by atoms with van der Waals surface area (Å²) in [6.45, 7) is 2.08. The number of alkyl halides is 1. The lowest BCUT2D eigenvalue weighted by atomic mass is 9.55. The summed E-state index contributed by atoms with van der Waals surface area (Å²) in [5, 5.41) is 6.24. The second-order valence-corrected chi connectivity index (χ2v) is 8.38. The number of hydrogen-bond acceptors (Lipinski definition) is 5. The van der Waals surface area contributed by atoms with Crippen LogP contribution in [0.5, 0.6) is 0 Å². The third-order valence-corrected chi connectivity index (χ3v) is 6.40. The monoisotopic (exact) mass is 425 g/mol. The van der Waals surface area contributed by atoms with Crippen LogP contribution in [0, 0.1) is 5.41 Å². The first-order valence-corrected chi connectivity index (χ1v) is 10.2. The van der Waals surface area contributed by atoms with E-state index in [2.05, 4.69) is 20.6 Å². The lowest BCUT2D eigenvalue weighted by Crippen LogP contribution is -2.64. The summed E-state index contributed by atoms with van der Waals surface area (Å²) >= 11 is 0. The molecule has 8 heteroatoms. The van der Waals surface area contributed by atoms with E-state index >= 15 is 0 Å². The van der Waals surface area contributed by atoms with Gasteiger partial charge in [-0.1, -0.05) is 24.3 Å². The van der Waals surface area contributed by atoms with Crippen LogP contribution in [0.2, 0.25) is 0 Å². The fraction of sp³-hybridized carbons (Fsp3) is 0.348. The Hall–Kier alpha value is -3.29. The van der Waals surface area contributed by atoms with Gasteiger partial charge < -0.3 is 16.4 Å². The molecular weight excluding hydrogens is 400 g/mol. The average molecular weight is 425 g/mol. The highest BCUT2D eigenvalue weighted by Gasteiger charge is 2.58. The van der Waals surface area contributed by atoms with E-state index in [1.54, 1.807) is 31.6 Å². The molecule has 0 bridgehead atoms. The number of primary amides is 1. The molecule has 1 fully saturated rings. The molecule has 4 rings (SSSR count). The number of dihydropyridines is 1. The summed E-state index contributed by atoms with van der Waals surface area (Å²) in [5.41, 5.74) is 6.09. The zero-order chi connectivity index (χ0) is 22.1. The van der Waals surface area contributed by atoms with Crippen molar-refractivity contribution >= 4 is 11.9 Å². The lowest BCUT2D eigenvalue weighted by Gasteiger charge is -2.55. The molecule has 2 aliphatic rings. The first-order valence-electron chi connectivity index (χ1n) is 10.2. The number of amides is 1. The van der Waals surface area contributed by atoms with Gasteiger partial charge in [0.1, 0.15) is 12.0 Å². The molecule has 1 amide bonds. The molecule has 1 unspecified atom stereocenters. The minimum absolute atomic E-state index is 0.127. The van der Waals surface area contributed by atoms with E-state index in [0.717, 1.165) is 16.7 Å². The molecule has 1 aromatic heterocycles. The molecule has 1 saturated carbocycles. The number of nitrogens with zero attached hydrogens (tertiary/aromatic N) is 2. The highest BCUT2D eigenvalue weighted by atomic mass is 19.1. The maximum absolute atomic E-state index is 14.7. The van der Waals surface area contributed by atoms with Crippen molar-refractivity contribution in [3.63, 3.8) is 0 Å². The number of halogens is 2. The highest BCUT2D eigenvalue weighted by Crippen LogP contribution is 2.54. The van der Waals surface area contributed by atoms with Crippen molar-refractivity contribution < 1.29 is 13.6 Å². The van der Waals surface area contributed by atoms with Crippen molar-refractivity contribution in [3.8, 4) is 11.1 Å². The number of anilines is 1. The van der Waals surface area contributed by atoms with E-state index in [9.17, 15) is 13.6 Å². The zero-order valence-corrected chi connectivity index (χ0v) is 17.2. The molecule has 2 heterocycles. The van der Waals surface area contributed by atoms with Crippen LogP contribution >= 0.6 is 0 Å². The van der Waals surface area contributed by atoms with Crippen molar-refractivity contribution in [2.24, 2.45) is 11.1 Å². The van der Waals surface area contributed by atoms with E-state index in [1.165, 1.54) is 6.08 Å². The normalized spacial score (nSPS) is 27.1. The number of carbonyl (C=O) groups excluding carboxylic acids is 1. The number of aromatic nitrogens is 2. The molecular formula is C23H25F2N5O. The Kier molecular flexibility index (Phi) is 5.47. The van der Waals surface area contributed by atoms with Crippen molar-refractivity contribution in [1.82, 2.24) is 15.3 Å². The summed E-state index contributed by atoms with van der Waals surface area (Å²) in [6.07, 6.45) is 7.68. The summed E-state index contributed by atoms with van der Waals surface area (Å²) in [6, 6.07) is 7.44. The molecule has 4 N–H and O–H groups in total. The third-order valence-electron chi connectivity index (χ3n) is 6.40. The maximum atomic E-state index is 14.7. The van der Waals surface area contributed by atoms with Gasteiger partial charge in [0.05, 0.1) is 12.0 Å². The second-order valence-electron chi connectivity index (χ2n) is 8.38. The summed E-state index contributed by atoms with van der Waals surface area (Å²) in [4.78, 5) is 20.1. The topological polar surface area (TPSA) is 92.9 Å². The number of nitrogens with one attached hydrogen (secondary N) is 2. The van der Waals surface area contributed by atoms with Crippen molar-refractivity contribution in [2.75, 3.05) is 11.9 Å². The van der Waals surface area contributed by atoms with Crippen LogP contribution in [0.1, 0.15) is 25.3 Å². The predicted molar refractivity (Wildman–Crippen MR) is 115 cm³/mol. The number of nitrogens with two attached hydrogens (primary N) is 1. The van der Waals surface area contributed by atoms with E-state index in [-0.39, 0.29) is 25.1 Å². The molecule has 1 aromatic carbocycles. The Labute approximate surface area is 179 Å². The quantitative estimate of drug-likeness (QED) is 0.632. The first-order chi connectivity index (χ1) is 14.8. The van der Waals surface area contributed by atoms with E-state index in [4.69, 9.17) is 5.73 Å². The van der Waals surface area contributed by atoms with Gasteiger partial charge in [-0.3, -0.25) is 4.79 Å². The molecule has 1 aliphatic carbocycles. The third kappa shape index (κ3) is 3.89. The summed E-state index contributed by atoms with van der Waals surface area (Å²) in [7, 11) is 0. The lowest BCUT2D eigenvalue weighted by molar-refractivity contribution is -0.117. The summed E-state index contributed by atoms with van der Waals surface area (Å²) < 4.78 is 28.6. The van der Waals surface area contributed by atoms with Crippen LogP contribution in [0.4, 0.5) is 14.7 Å². The number of carbonyl (C=O) groups is 1. The Morgan fingerprint density at radius 3 is 2.65 bits per heavy atom. The van der Waals surface area contributed by atoms with Crippen LogP contribution < -0.4 is 16.4 Å². The minimum atomic E-state index is -0.995. The maximum Gasteiger partial charge on any atom is 0.222 e. The molecule has 2 aromatic rings. The van der Waals surface area contributed by atoms with Gasteiger partial charge >= 0.3 is 0 Å². The van der Waals surface area contributed by atoms with Crippen LogP contribution in [0.3, 0.4) is 0 Å². The summed E-state index contributed by atoms with van der Waals surface area (Å²) in [5.74, 6) is -0.354. The number of benzene rings is 1. The molecule has 162 valence electrons. The van der Waals surface area contributed by atoms with Gasteiger partial charge in [-0.2, -0.15) is 0 Å². The largest absolute Gasteiger partial charge is 0.379 e. The van der Waals surface area contributed by atoms with Gasteiger partial charge in [0.15, 0.2) is 0 Å². The van der Waals surface area contributed by atoms with E-state index in [1.807, 2.05) is 24.3 Å². The predicted octanol–water partition coefficient (Wildman–Crippen LogP) is 3.43. The zero-order valence-electron chi connectivity index (χ0n) is 17.2. The van der Waals surface area contributed by atoms with Crippen LogP contribution in [-0.2, 0) is 11.2 Å². The van der Waals surface area contributed by atoms with Gasteiger partial charge in [-0.15, -0.1) is 0 Å². The van der Waals surface area contributed by atoms with Gasteiger partial charge in [0.25, 0.3) is 0 Å². The van der Waals surface area contributed by atoms with Gasteiger partial charge in [-0.25, -0.2) is 18.7 Å². The molecule has 31 heavy (non-hydrogen) atoms. The number of rotatable bonds is 7. The minimum Gasteiger partial charge on any atom is -0.379 e. The Morgan fingerprint density at radius 2 is 2.00 bits per heavy atom. The standard InChI is InChI=1S/C23H25F2N5O/c1-22(19(25)7-4-8-30-22)23(10-17(24)11-23)14-29-21-27-12-16(13-28-21)18-6-3-2-5-15(18)9-20(26)31/h2-8,12-13,17,30H,9-11,14H2,1H3,(H2,26,31)(H,27,28,29). The molecule has 6 nitrogen and oxygen atoms in total. The molecule has 0 saturated heterocycles. The number of hydrogen-bond donors (Lipinski definition) is 3. The molecule has 1 atom stereocenters. The highest BCUT2D eigenvalue weighted by molar-refractivity contribution is 5.80. The van der Waals surface area contributed by atoms with Crippen molar-refractivity contribution in [3.05, 3.63) is 66.4 Å². The van der Waals surface area contributed by atoms with Gasteiger partial charge in [0, 0.05) is 29.9 Å². The molecule has 0 radical (unpaired) electrons. The Bertz CT molecular complexity index is 1030. The molecule has 0 spiro atoms. The fourth-order valence-corrected chi connectivity index (χ4v) is 4.46. The van der Waals surface area contributed by atoms with Crippen molar-refractivity contribution in [2.45, 2.75) is 37.9 Å². The number of allylic oxidation sites excluding steroid dienone is 2. The Balaban J connectivity index is 1.50. The van der Waals surface area contributed by atoms with Crippen LogP contribution in [0.25, 0.3) is 11.1 Å². The van der Waals surface area contributed by atoms with Crippen LogP contribution in [-0.4, -0.2) is 34.1 Å². The SMILES string of the molecule is CC1(C2(CNc3ncc(-c4ccccc4CC(N)=O)cn3)CC(F)C2)NC=CC=C1F. The second kappa shape index (κ2) is 8.09. The van der Waals surface area contributed by atoms with Gasteiger partial charge in [-0.05, 0) is 49.2 Å². The van der Waals surface area contributed by atoms with Crippen LogP contribution in [0.15, 0.2) is 60.8 Å². The fourth-order valence-electron chi connectivity index (χ4n) is 4.46. The van der Waals surface area contributed by atoms with E-state index < -0.39 is 23.0 Å². The first kappa shape index (κ1) is 21.0. The smallest absolute Gasteiger partial charge is 0.222 e. The van der Waals surface area contributed by atoms with Gasteiger partial charge in [0.2, 0.25) is 11.9 Å². The average Bonchev–Trinajstić information content (AvgIpc) is 2.73. The Morgan fingerprint density at radius 1 is 1.29 bits per heavy atom. The molecule has 1 aliphatic heterocycles.